The van der Waals surface area contributed by atoms with E-state index in [4.69, 9.17) is 14.7 Å². The Labute approximate surface area is 192 Å². The highest BCUT2D eigenvalue weighted by Crippen LogP contribution is 2.28. The number of benzene rings is 2. The average molecular weight is 440 g/mol. The number of hydrogen-bond acceptors (Lipinski definition) is 6. The summed E-state index contributed by atoms with van der Waals surface area (Å²) in [7, 11) is 0. The normalized spacial score (nSPS) is 13.9. The van der Waals surface area contributed by atoms with Crippen LogP contribution in [0.4, 0.5) is 5.82 Å². The summed E-state index contributed by atoms with van der Waals surface area (Å²) in [5.74, 6) is 1.57. The van der Waals surface area contributed by atoms with E-state index < -0.39 is 0 Å². The Morgan fingerprint density at radius 1 is 0.879 bits per heavy atom. The van der Waals surface area contributed by atoms with E-state index in [1.807, 2.05) is 71.6 Å². The molecule has 5 rings (SSSR count). The lowest BCUT2D eigenvalue weighted by Gasteiger charge is -2.36. The van der Waals surface area contributed by atoms with E-state index in [0.29, 0.717) is 38.6 Å². The van der Waals surface area contributed by atoms with Gasteiger partial charge in [-0.05, 0) is 29.8 Å². The second-order valence-corrected chi connectivity index (χ2v) is 7.98. The van der Waals surface area contributed by atoms with Crippen molar-refractivity contribution in [1.82, 2.24) is 19.9 Å². The van der Waals surface area contributed by atoms with Crippen molar-refractivity contribution >= 4 is 22.6 Å². The zero-order chi connectivity index (χ0) is 22.5. The number of fused-ring (bicyclic) bond motifs is 1. The molecule has 166 valence electrons. The number of hydrogen-bond donors (Lipinski definition) is 0. The van der Waals surface area contributed by atoms with Gasteiger partial charge in [-0.1, -0.05) is 42.5 Å². The van der Waals surface area contributed by atoms with E-state index in [0.717, 1.165) is 27.8 Å². The van der Waals surface area contributed by atoms with E-state index in [-0.39, 0.29) is 12.5 Å². The summed E-state index contributed by atoms with van der Waals surface area (Å²) in [5.41, 5.74) is 2.85. The van der Waals surface area contributed by atoms with Gasteiger partial charge in [0.2, 0.25) is 5.91 Å². The van der Waals surface area contributed by atoms with Gasteiger partial charge in [0.1, 0.15) is 12.4 Å². The minimum Gasteiger partial charge on any atom is -0.367 e. The lowest BCUT2D eigenvalue weighted by molar-refractivity contribution is -0.136. The molecule has 0 N–H and O–H groups in total. The smallest absolute Gasteiger partial charge is 0.248 e. The Balaban J connectivity index is 1.27. The number of carbonyl (C=O) groups is 1. The van der Waals surface area contributed by atoms with Crippen molar-refractivity contribution < 1.29 is 9.53 Å². The van der Waals surface area contributed by atoms with Crippen LogP contribution < -0.4 is 4.90 Å². The number of nitrogens with zero attached hydrogens (tertiary/aromatic N) is 5. The predicted octanol–water partition coefficient (Wildman–Crippen LogP) is 3.56. The molecule has 7 heteroatoms. The first kappa shape index (κ1) is 21.0. The molecular formula is C26H25N5O2. The quantitative estimate of drug-likeness (QED) is 0.458. The lowest BCUT2D eigenvalue weighted by atomic mass is 10.2. The Morgan fingerprint density at radius 2 is 1.67 bits per heavy atom. The van der Waals surface area contributed by atoms with Gasteiger partial charge < -0.3 is 14.5 Å². The zero-order valence-corrected chi connectivity index (χ0v) is 18.3. The van der Waals surface area contributed by atoms with Crippen LogP contribution >= 0.6 is 0 Å². The van der Waals surface area contributed by atoms with E-state index in [2.05, 4.69) is 9.88 Å². The molecule has 7 nitrogen and oxygen atoms in total. The molecule has 1 fully saturated rings. The van der Waals surface area contributed by atoms with Crippen molar-refractivity contribution in [3.05, 3.63) is 84.7 Å². The largest absolute Gasteiger partial charge is 0.367 e. The first-order chi connectivity index (χ1) is 16.3. The molecule has 0 bridgehead atoms. The molecule has 0 saturated carbocycles. The summed E-state index contributed by atoms with van der Waals surface area (Å²) < 4.78 is 5.64. The Hall–Kier alpha value is -3.84. The van der Waals surface area contributed by atoms with Crippen LogP contribution in [0.15, 0.2) is 79.1 Å². The van der Waals surface area contributed by atoms with Crippen LogP contribution in [0.25, 0.3) is 22.3 Å². The molecule has 2 aromatic carbocycles. The number of ether oxygens (including phenoxy) is 1. The maximum absolute atomic E-state index is 12.6. The summed E-state index contributed by atoms with van der Waals surface area (Å²) in [5, 5.41) is 1.01. The molecule has 0 atom stereocenters. The summed E-state index contributed by atoms with van der Waals surface area (Å²) in [6.45, 7) is 3.21. The average Bonchev–Trinajstić information content (AvgIpc) is 2.89. The molecule has 33 heavy (non-hydrogen) atoms. The van der Waals surface area contributed by atoms with Gasteiger partial charge in [0.15, 0.2) is 5.82 Å². The fourth-order valence-electron chi connectivity index (χ4n) is 4.01. The highest BCUT2D eigenvalue weighted by Gasteiger charge is 2.24. The molecule has 1 saturated heterocycles. The van der Waals surface area contributed by atoms with Gasteiger partial charge in [-0.25, -0.2) is 9.97 Å². The van der Waals surface area contributed by atoms with E-state index in [1.54, 1.807) is 12.4 Å². The number of carbonyl (C=O) groups excluding carboxylic acids is 1. The van der Waals surface area contributed by atoms with Crippen molar-refractivity contribution in [2.45, 2.75) is 6.61 Å². The maximum Gasteiger partial charge on any atom is 0.248 e. The number of rotatable bonds is 6. The molecule has 0 unspecified atom stereocenters. The van der Waals surface area contributed by atoms with Gasteiger partial charge >= 0.3 is 0 Å². The standard InChI is InChI=1S/C26H25N5O2/c32-24(19-33-18-20-7-2-1-3-8-20)30-13-15-31(16-14-30)26-22-10-4-5-11-23(22)28-25(29-26)21-9-6-12-27-17-21/h1-12,17H,13-16,18-19H2. The second kappa shape index (κ2) is 9.75. The molecule has 1 amide bonds. The monoisotopic (exact) mass is 439 g/mol. The minimum absolute atomic E-state index is 0.0224. The van der Waals surface area contributed by atoms with Crippen LogP contribution in [0.1, 0.15) is 5.56 Å². The third-order valence-corrected chi connectivity index (χ3v) is 5.77. The van der Waals surface area contributed by atoms with Crippen molar-refractivity contribution in [2.75, 3.05) is 37.7 Å². The van der Waals surface area contributed by atoms with Gasteiger partial charge in [-0.2, -0.15) is 0 Å². The minimum atomic E-state index is 0.0224. The first-order valence-electron chi connectivity index (χ1n) is 11.1. The number of aromatic nitrogens is 3. The van der Waals surface area contributed by atoms with Crippen molar-refractivity contribution in [3.63, 3.8) is 0 Å². The van der Waals surface area contributed by atoms with Crippen LogP contribution in [-0.4, -0.2) is 58.5 Å². The van der Waals surface area contributed by atoms with Crippen molar-refractivity contribution in [3.8, 4) is 11.4 Å². The lowest BCUT2D eigenvalue weighted by Crippen LogP contribution is -2.50. The second-order valence-electron chi connectivity index (χ2n) is 7.98. The fraction of sp³-hybridized carbons (Fsp3) is 0.231. The van der Waals surface area contributed by atoms with E-state index >= 15 is 0 Å². The van der Waals surface area contributed by atoms with Gasteiger partial charge in [0, 0.05) is 49.5 Å². The number of anilines is 1. The van der Waals surface area contributed by atoms with Crippen LogP contribution in [0.3, 0.4) is 0 Å². The molecule has 0 spiro atoms. The van der Waals surface area contributed by atoms with Gasteiger partial charge in [-0.15, -0.1) is 0 Å². The molecular weight excluding hydrogens is 414 g/mol. The Morgan fingerprint density at radius 3 is 2.45 bits per heavy atom. The number of pyridine rings is 1. The SMILES string of the molecule is O=C(COCc1ccccc1)N1CCN(c2nc(-c3cccnc3)nc3ccccc23)CC1. The molecule has 2 aromatic heterocycles. The zero-order valence-electron chi connectivity index (χ0n) is 18.3. The highest BCUT2D eigenvalue weighted by molar-refractivity contribution is 5.91. The first-order valence-corrected chi connectivity index (χ1v) is 11.1. The molecule has 3 heterocycles. The summed E-state index contributed by atoms with van der Waals surface area (Å²) >= 11 is 0. The maximum atomic E-state index is 12.6. The fourth-order valence-corrected chi connectivity index (χ4v) is 4.01. The van der Waals surface area contributed by atoms with Crippen LogP contribution in [0, 0.1) is 0 Å². The number of piperazine rings is 1. The molecule has 0 aliphatic carbocycles. The predicted molar refractivity (Wildman–Crippen MR) is 128 cm³/mol. The van der Waals surface area contributed by atoms with Crippen molar-refractivity contribution in [2.24, 2.45) is 0 Å². The molecule has 1 aliphatic rings. The molecule has 0 radical (unpaired) electrons. The van der Waals surface area contributed by atoms with Gasteiger partial charge in [-0.3, -0.25) is 9.78 Å². The van der Waals surface area contributed by atoms with Crippen LogP contribution in [0.5, 0.6) is 0 Å². The molecule has 1 aliphatic heterocycles. The van der Waals surface area contributed by atoms with Crippen LogP contribution in [-0.2, 0) is 16.1 Å². The summed E-state index contributed by atoms with van der Waals surface area (Å²) in [6, 6.07) is 21.8. The third kappa shape index (κ3) is 4.83. The summed E-state index contributed by atoms with van der Waals surface area (Å²) in [4.78, 5) is 30.6. The van der Waals surface area contributed by atoms with E-state index in [9.17, 15) is 4.79 Å². The van der Waals surface area contributed by atoms with E-state index in [1.165, 1.54) is 0 Å². The van der Waals surface area contributed by atoms with Gasteiger partial charge in [0.25, 0.3) is 0 Å². The Bertz CT molecular complexity index is 1230. The topological polar surface area (TPSA) is 71.5 Å². The van der Waals surface area contributed by atoms with Crippen LogP contribution in [0.2, 0.25) is 0 Å². The number of amides is 1. The molecule has 4 aromatic rings. The van der Waals surface area contributed by atoms with Crippen molar-refractivity contribution in [1.29, 1.82) is 0 Å². The summed E-state index contributed by atoms with van der Waals surface area (Å²) in [6.07, 6.45) is 3.52. The third-order valence-electron chi connectivity index (χ3n) is 5.77. The van der Waals surface area contributed by atoms with Gasteiger partial charge in [0.05, 0.1) is 12.1 Å². The Kier molecular flexibility index (Phi) is 6.21. The highest BCUT2D eigenvalue weighted by atomic mass is 16.5. The number of para-hydroxylation sites is 1.